The van der Waals surface area contributed by atoms with E-state index in [2.05, 4.69) is 0 Å². The van der Waals surface area contributed by atoms with Gasteiger partial charge in [-0.05, 0) is 45.0 Å². The molecule has 0 unspecified atom stereocenters. The van der Waals surface area contributed by atoms with E-state index < -0.39 is 23.3 Å². The quantitative estimate of drug-likeness (QED) is 0.731. The highest BCUT2D eigenvalue weighted by Crippen LogP contribution is 2.32. The number of nitrogens with zero attached hydrogens (tertiary/aromatic N) is 1. The van der Waals surface area contributed by atoms with Gasteiger partial charge in [-0.25, -0.2) is 9.18 Å². The van der Waals surface area contributed by atoms with E-state index in [-0.39, 0.29) is 39.9 Å². The fourth-order valence-corrected chi connectivity index (χ4v) is 2.71. The van der Waals surface area contributed by atoms with Crippen molar-refractivity contribution in [2.45, 2.75) is 39.8 Å². The lowest BCUT2D eigenvalue weighted by Crippen LogP contribution is -2.28. The third kappa shape index (κ3) is 5.13. The van der Waals surface area contributed by atoms with Gasteiger partial charge in [0, 0.05) is 24.2 Å². The van der Waals surface area contributed by atoms with Crippen molar-refractivity contribution in [2.75, 3.05) is 4.90 Å². The number of aromatic hydroxyl groups is 2. The summed E-state index contributed by atoms with van der Waals surface area (Å²) < 4.78 is 18.8. The average Bonchev–Trinajstić information content (AvgIpc) is 2.54. The minimum absolute atomic E-state index is 0.0566. The molecule has 0 fully saturated rings. The maximum atomic E-state index is 13.6. The molecule has 8 heteroatoms. The van der Waals surface area contributed by atoms with Crippen molar-refractivity contribution in [3.05, 3.63) is 52.3 Å². The van der Waals surface area contributed by atoms with Gasteiger partial charge in [-0.3, -0.25) is 4.79 Å². The highest BCUT2D eigenvalue weighted by Gasteiger charge is 2.23. The molecule has 0 aromatic heterocycles. The van der Waals surface area contributed by atoms with Gasteiger partial charge in [0.2, 0.25) is 5.91 Å². The summed E-state index contributed by atoms with van der Waals surface area (Å²) in [6, 6.07) is 6.01. The van der Waals surface area contributed by atoms with Crippen molar-refractivity contribution in [3.8, 4) is 11.5 Å². The van der Waals surface area contributed by atoms with Gasteiger partial charge in [0.25, 0.3) is 0 Å². The van der Waals surface area contributed by atoms with E-state index in [1.54, 1.807) is 20.8 Å². The molecule has 2 aromatic carbocycles. The normalized spacial score (nSPS) is 11.2. The SMILES string of the molecule is CC(=O)N(Cc1cc(F)cc(Cl)c1O)c1ccc(C(=O)OC(C)(C)C)c(O)c1. The van der Waals surface area contributed by atoms with Crippen molar-refractivity contribution in [1.29, 1.82) is 0 Å². The Hall–Kier alpha value is -2.80. The van der Waals surface area contributed by atoms with E-state index in [9.17, 15) is 24.2 Å². The molecule has 2 N–H and O–H groups in total. The second-order valence-corrected chi connectivity index (χ2v) is 7.61. The summed E-state index contributed by atoms with van der Waals surface area (Å²) in [5, 5.41) is 20.1. The largest absolute Gasteiger partial charge is 0.507 e. The Kier molecular flexibility index (Phi) is 6.19. The molecule has 0 aliphatic heterocycles. The molecule has 0 aliphatic carbocycles. The molecule has 28 heavy (non-hydrogen) atoms. The highest BCUT2D eigenvalue weighted by molar-refractivity contribution is 6.32. The second kappa shape index (κ2) is 8.06. The number of anilines is 1. The lowest BCUT2D eigenvalue weighted by molar-refractivity contribution is -0.116. The van der Waals surface area contributed by atoms with Gasteiger partial charge in [-0.1, -0.05) is 11.6 Å². The Balaban J connectivity index is 2.36. The summed E-state index contributed by atoms with van der Waals surface area (Å²) in [4.78, 5) is 25.4. The maximum absolute atomic E-state index is 13.6. The van der Waals surface area contributed by atoms with Crippen LogP contribution in [-0.2, 0) is 16.1 Å². The molecule has 0 heterocycles. The smallest absolute Gasteiger partial charge is 0.342 e. The predicted molar refractivity (Wildman–Crippen MR) is 103 cm³/mol. The predicted octanol–water partition coefficient (Wildman–Crippen LogP) is 4.40. The topological polar surface area (TPSA) is 87.1 Å². The fourth-order valence-electron chi connectivity index (χ4n) is 2.49. The van der Waals surface area contributed by atoms with Crippen LogP contribution in [0.4, 0.5) is 10.1 Å². The molecular weight excluding hydrogens is 389 g/mol. The molecule has 0 atom stereocenters. The van der Waals surface area contributed by atoms with Crippen LogP contribution in [0.3, 0.4) is 0 Å². The lowest BCUT2D eigenvalue weighted by atomic mass is 10.1. The Labute approximate surface area is 167 Å². The number of amides is 1. The molecule has 2 rings (SSSR count). The van der Waals surface area contributed by atoms with Crippen LogP contribution in [0.1, 0.15) is 43.6 Å². The number of hydrogen-bond acceptors (Lipinski definition) is 5. The van der Waals surface area contributed by atoms with Crippen LogP contribution in [0.2, 0.25) is 5.02 Å². The van der Waals surface area contributed by atoms with Gasteiger partial charge in [0.15, 0.2) is 0 Å². The van der Waals surface area contributed by atoms with E-state index in [1.165, 1.54) is 30.0 Å². The van der Waals surface area contributed by atoms with Crippen molar-refractivity contribution < 1.29 is 28.9 Å². The fraction of sp³-hybridized carbons (Fsp3) is 0.300. The van der Waals surface area contributed by atoms with Gasteiger partial charge >= 0.3 is 5.97 Å². The molecule has 0 saturated heterocycles. The van der Waals surface area contributed by atoms with Crippen molar-refractivity contribution >= 4 is 29.2 Å². The number of ether oxygens (including phenoxy) is 1. The zero-order valence-corrected chi connectivity index (χ0v) is 16.7. The number of rotatable bonds is 4. The van der Waals surface area contributed by atoms with E-state index in [4.69, 9.17) is 16.3 Å². The summed E-state index contributed by atoms with van der Waals surface area (Å²) in [6.45, 7) is 6.18. The van der Waals surface area contributed by atoms with Gasteiger partial charge in [-0.15, -0.1) is 0 Å². The number of carbonyl (C=O) groups excluding carboxylic acids is 2. The van der Waals surface area contributed by atoms with E-state index in [0.29, 0.717) is 0 Å². The van der Waals surface area contributed by atoms with E-state index in [0.717, 1.165) is 12.1 Å². The molecule has 0 spiro atoms. The third-order valence-corrected chi connectivity index (χ3v) is 4.02. The number of benzene rings is 2. The molecule has 2 aromatic rings. The van der Waals surface area contributed by atoms with Crippen LogP contribution in [0.15, 0.2) is 30.3 Å². The first-order chi connectivity index (χ1) is 12.9. The van der Waals surface area contributed by atoms with Crippen LogP contribution in [0.5, 0.6) is 11.5 Å². The number of carbonyl (C=O) groups is 2. The molecule has 6 nitrogen and oxygen atoms in total. The first kappa shape index (κ1) is 21.5. The van der Waals surface area contributed by atoms with Crippen molar-refractivity contribution in [2.24, 2.45) is 0 Å². The maximum Gasteiger partial charge on any atom is 0.342 e. The Morgan fingerprint density at radius 3 is 2.36 bits per heavy atom. The minimum Gasteiger partial charge on any atom is -0.507 e. The van der Waals surface area contributed by atoms with Crippen molar-refractivity contribution in [3.63, 3.8) is 0 Å². The van der Waals surface area contributed by atoms with Crippen LogP contribution in [0, 0.1) is 5.82 Å². The summed E-state index contributed by atoms with van der Waals surface area (Å²) in [6.07, 6.45) is 0. The molecule has 0 bridgehead atoms. The zero-order chi connectivity index (χ0) is 21.2. The summed E-state index contributed by atoms with van der Waals surface area (Å²) >= 11 is 5.78. The van der Waals surface area contributed by atoms with Crippen LogP contribution in [-0.4, -0.2) is 27.7 Å². The van der Waals surface area contributed by atoms with Gasteiger partial charge < -0.3 is 19.8 Å². The second-order valence-electron chi connectivity index (χ2n) is 7.20. The summed E-state index contributed by atoms with van der Waals surface area (Å²) in [7, 11) is 0. The summed E-state index contributed by atoms with van der Waals surface area (Å²) in [5.74, 6) is -2.52. The van der Waals surface area contributed by atoms with Crippen LogP contribution >= 0.6 is 11.6 Å². The molecule has 0 aliphatic rings. The first-order valence-corrected chi connectivity index (χ1v) is 8.78. The number of phenolic OH excluding ortho intramolecular Hbond substituents is 2. The van der Waals surface area contributed by atoms with Crippen LogP contribution < -0.4 is 4.90 Å². The average molecular weight is 410 g/mol. The summed E-state index contributed by atoms with van der Waals surface area (Å²) in [5.41, 5.74) is -0.450. The Morgan fingerprint density at radius 1 is 1.18 bits per heavy atom. The third-order valence-electron chi connectivity index (χ3n) is 3.73. The highest BCUT2D eigenvalue weighted by atomic mass is 35.5. The van der Waals surface area contributed by atoms with Gasteiger partial charge in [0.1, 0.15) is 28.5 Å². The van der Waals surface area contributed by atoms with Gasteiger partial charge in [-0.2, -0.15) is 0 Å². The lowest BCUT2D eigenvalue weighted by Gasteiger charge is -2.23. The van der Waals surface area contributed by atoms with Crippen molar-refractivity contribution in [1.82, 2.24) is 0 Å². The molecule has 0 radical (unpaired) electrons. The van der Waals surface area contributed by atoms with E-state index in [1.807, 2.05) is 0 Å². The van der Waals surface area contributed by atoms with Gasteiger partial charge in [0.05, 0.1) is 11.6 Å². The standard InChI is InChI=1S/C20H21ClFNO5/c1-11(24)23(10-12-7-13(22)8-16(21)18(12)26)14-5-6-15(17(25)9-14)19(27)28-20(2,3)4/h5-9,25-26H,10H2,1-4H3. The molecule has 1 amide bonds. The van der Waals surface area contributed by atoms with Crippen LogP contribution in [0.25, 0.3) is 0 Å². The molecule has 0 saturated carbocycles. The molecule has 150 valence electrons. The number of halogens is 2. The monoisotopic (exact) mass is 409 g/mol. The number of hydrogen-bond donors (Lipinski definition) is 2. The van der Waals surface area contributed by atoms with E-state index >= 15 is 0 Å². The Bertz CT molecular complexity index is 924. The first-order valence-electron chi connectivity index (χ1n) is 8.40. The molecular formula is C20H21ClFNO5. The minimum atomic E-state index is -0.734. The number of esters is 1. The zero-order valence-electron chi connectivity index (χ0n) is 15.9. The Morgan fingerprint density at radius 2 is 1.82 bits per heavy atom. The number of phenols is 2.